The lowest BCUT2D eigenvalue weighted by atomic mass is 10.0. The Morgan fingerprint density at radius 2 is 1.67 bits per heavy atom. The molecule has 0 unspecified atom stereocenters. The van der Waals surface area contributed by atoms with Gasteiger partial charge in [-0.1, -0.05) is 48.5 Å². The van der Waals surface area contributed by atoms with Gasteiger partial charge in [0, 0.05) is 17.1 Å². The number of nitrogens with zero attached hydrogens (tertiary/aromatic N) is 1. The molecule has 0 fully saturated rings. The van der Waals surface area contributed by atoms with Gasteiger partial charge in [0.1, 0.15) is 5.69 Å². The monoisotopic (exact) mass is 409 g/mol. The molecule has 4 aromatic rings. The molecule has 0 aliphatic heterocycles. The van der Waals surface area contributed by atoms with Crippen molar-refractivity contribution in [3.05, 3.63) is 94.4 Å². The number of aromatic nitrogens is 2. The van der Waals surface area contributed by atoms with E-state index >= 15 is 0 Å². The van der Waals surface area contributed by atoms with E-state index in [4.69, 9.17) is 0 Å². The Kier molecular flexibility index (Phi) is 4.83. The van der Waals surface area contributed by atoms with E-state index in [0.717, 1.165) is 5.56 Å². The third-order valence-electron chi connectivity index (χ3n) is 4.51. The summed E-state index contributed by atoms with van der Waals surface area (Å²) in [5.41, 5.74) is -0.359. The van der Waals surface area contributed by atoms with Crippen LogP contribution in [0.2, 0.25) is 0 Å². The number of halogens is 3. The average molecular weight is 409 g/mol. The summed E-state index contributed by atoms with van der Waals surface area (Å²) in [7, 11) is 0. The molecule has 2 aromatic carbocycles. The first kappa shape index (κ1) is 19.4. The molecule has 1 amide bonds. The van der Waals surface area contributed by atoms with Gasteiger partial charge in [-0.25, -0.2) is 4.98 Å². The van der Waals surface area contributed by atoms with Crippen molar-refractivity contribution in [2.45, 2.75) is 6.18 Å². The highest BCUT2D eigenvalue weighted by Crippen LogP contribution is 2.30. The predicted molar refractivity (Wildman–Crippen MR) is 107 cm³/mol. The second-order valence-electron chi connectivity index (χ2n) is 6.52. The summed E-state index contributed by atoms with van der Waals surface area (Å²) in [5.74, 6) is -0.712. The van der Waals surface area contributed by atoms with Gasteiger partial charge >= 0.3 is 6.18 Å². The molecular weight excluding hydrogens is 395 g/mol. The lowest BCUT2D eigenvalue weighted by Crippen LogP contribution is -2.21. The number of nitrogens with one attached hydrogen (secondary N) is 2. The number of benzene rings is 2. The lowest BCUT2D eigenvalue weighted by molar-refractivity contribution is -0.137. The zero-order valence-corrected chi connectivity index (χ0v) is 15.3. The largest absolute Gasteiger partial charge is 0.417 e. The Morgan fingerprint density at radius 1 is 0.967 bits per heavy atom. The van der Waals surface area contributed by atoms with Gasteiger partial charge in [-0.2, -0.15) is 13.2 Å². The van der Waals surface area contributed by atoms with Crippen molar-refractivity contribution in [1.29, 1.82) is 0 Å². The maximum atomic E-state index is 13.0. The van der Waals surface area contributed by atoms with Crippen LogP contribution in [0.25, 0.3) is 22.2 Å². The normalized spacial score (nSPS) is 11.4. The Bertz CT molecular complexity index is 1300. The highest BCUT2D eigenvalue weighted by Gasteiger charge is 2.31. The number of rotatable bonds is 3. The van der Waals surface area contributed by atoms with E-state index in [2.05, 4.69) is 10.3 Å². The molecule has 0 aliphatic rings. The van der Waals surface area contributed by atoms with E-state index < -0.39 is 28.9 Å². The highest BCUT2D eigenvalue weighted by molar-refractivity contribution is 6.13. The Balaban J connectivity index is 1.80. The molecule has 0 radical (unpaired) electrons. The molecule has 0 bridgehead atoms. The van der Waals surface area contributed by atoms with Crippen LogP contribution in [0.1, 0.15) is 15.9 Å². The molecular formula is C22H14F3N3O2. The van der Waals surface area contributed by atoms with Gasteiger partial charge in [-0.3, -0.25) is 9.59 Å². The fraction of sp³-hybridized carbons (Fsp3) is 0.0455. The number of H-pyrrole nitrogens is 1. The maximum absolute atomic E-state index is 13.0. The average Bonchev–Trinajstić information content (AvgIpc) is 2.74. The van der Waals surface area contributed by atoms with Crippen LogP contribution in [-0.4, -0.2) is 15.9 Å². The van der Waals surface area contributed by atoms with E-state index in [1.54, 1.807) is 30.3 Å². The van der Waals surface area contributed by atoms with Crippen molar-refractivity contribution in [2.75, 3.05) is 5.32 Å². The molecule has 0 saturated heterocycles. The molecule has 0 atom stereocenters. The molecule has 2 heterocycles. The minimum Gasteiger partial charge on any atom is -0.327 e. The number of aromatic amines is 1. The smallest absolute Gasteiger partial charge is 0.327 e. The Morgan fingerprint density at radius 3 is 2.40 bits per heavy atom. The first-order chi connectivity index (χ1) is 14.3. The molecule has 150 valence electrons. The lowest BCUT2D eigenvalue weighted by Gasteiger charge is -2.12. The minimum absolute atomic E-state index is 0.191. The van der Waals surface area contributed by atoms with Crippen molar-refractivity contribution in [3.63, 3.8) is 0 Å². The summed E-state index contributed by atoms with van der Waals surface area (Å²) in [4.78, 5) is 31.5. The van der Waals surface area contributed by atoms with Gasteiger partial charge in [-0.15, -0.1) is 0 Å². The van der Waals surface area contributed by atoms with Crippen LogP contribution in [0.15, 0.2) is 77.7 Å². The fourth-order valence-corrected chi connectivity index (χ4v) is 3.05. The number of hydrogen-bond donors (Lipinski definition) is 2. The van der Waals surface area contributed by atoms with Crippen LogP contribution in [0.3, 0.4) is 0 Å². The number of carbonyl (C=O) groups is 1. The van der Waals surface area contributed by atoms with Crippen LogP contribution in [0.5, 0.6) is 0 Å². The van der Waals surface area contributed by atoms with E-state index in [1.165, 1.54) is 0 Å². The first-order valence-corrected chi connectivity index (χ1v) is 8.89. The third-order valence-corrected chi connectivity index (χ3v) is 4.51. The van der Waals surface area contributed by atoms with Gasteiger partial charge in [0.05, 0.1) is 22.3 Å². The van der Waals surface area contributed by atoms with E-state index in [0.29, 0.717) is 28.9 Å². The molecule has 2 aromatic heterocycles. The number of anilines is 1. The van der Waals surface area contributed by atoms with Crippen molar-refractivity contribution < 1.29 is 18.0 Å². The Labute approximate surface area is 168 Å². The van der Waals surface area contributed by atoms with Gasteiger partial charge in [0.2, 0.25) is 0 Å². The zero-order valence-electron chi connectivity index (χ0n) is 15.3. The molecule has 0 spiro atoms. The summed E-state index contributed by atoms with van der Waals surface area (Å²) >= 11 is 0. The quantitative estimate of drug-likeness (QED) is 0.507. The van der Waals surface area contributed by atoms with Crippen LogP contribution >= 0.6 is 0 Å². The summed E-state index contributed by atoms with van der Waals surface area (Å²) < 4.78 is 38.9. The van der Waals surface area contributed by atoms with Crippen molar-refractivity contribution in [2.24, 2.45) is 0 Å². The van der Waals surface area contributed by atoms with Crippen LogP contribution in [-0.2, 0) is 6.18 Å². The van der Waals surface area contributed by atoms with E-state index in [9.17, 15) is 22.8 Å². The molecule has 8 heteroatoms. The van der Waals surface area contributed by atoms with Gasteiger partial charge in [-0.05, 0) is 18.2 Å². The van der Waals surface area contributed by atoms with Gasteiger partial charge in [0.25, 0.3) is 11.5 Å². The predicted octanol–water partition coefficient (Wildman–Crippen LogP) is 4.86. The summed E-state index contributed by atoms with van der Waals surface area (Å²) in [6, 6.07) is 18.2. The number of pyridine rings is 2. The summed E-state index contributed by atoms with van der Waals surface area (Å²) in [6.07, 6.45) is -4.10. The second kappa shape index (κ2) is 7.47. The summed E-state index contributed by atoms with van der Waals surface area (Å²) in [6.45, 7) is 0. The fourth-order valence-electron chi connectivity index (χ4n) is 3.05. The van der Waals surface area contributed by atoms with E-state index in [1.807, 2.05) is 35.3 Å². The molecule has 4 rings (SSSR count). The van der Waals surface area contributed by atoms with Crippen LogP contribution in [0, 0.1) is 0 Å². The molecule has 0 aliphatic carbocycles. The van der Waals surface area contributed by atoms with Gasteiger partial charge in [0.15, 0.2) is 0 Å². The van der Waals surface area contributed by atoms with Crippen LogP contribution in [0.4, 0.5) is 18.9 Å². The summed E-state index contributed by atoms with van der Waals surface area (Å²) in [5, 5.41) is 2.81. The SMILES string of the molecule is O=C(Nc1cc(C(F)(F)F)c[nH]c1=O)c1cc(-c2ccccc2)nc2ccccc12. The first-order valence-electron chi connectivity index (χ1n) is 8.89. The molecule has 2 N–H and O–H groups in total. The van der Waals surface area contributed by atoms with Crippen molar-refractivity contribution in [1.82, 2.24) is 9.97 Å². The van der Waals surface area contributed by atoms with Crippen molar-refractivity contribution >= 4 is 22.5 Å². The second-order valence-corrected chi connectivity index (χ2v) is 6.52. The maximum Gasteiger partial charge on any atom is 0.417 e. The van der Waals surface area contributed by atoms with Gasteiger partial charge < -0.3 is 10.3 Å². The van der Waals surface area contributed by atoms with Crippen molar-refractivity contribution in [3.8, 4) is 11.3 Å². The third kappa shape index (κ3) is 3.80. The zero-order chi connectivity index (χ0) is 21.3. The number of fused-ring (bicyclic) bond motifs is 1. The van der Waals surface area contributed by atoms with Crippen LogP contribution < -0.4 is 10.9 Å². The number of hydrogen-bond acceptors (Lipinski definition) is 3. The van der Waals surface area contributed by atoms with E-state index in [-0.39, 0.29) is 5.56 Å². The standard InChI is InChI=1S/C22H14F3N3O2/c23-22(24,25)14-10-19(21(30)26-12-14)28-20(29)16-11-18(13-6-2-1-3-7-13)27-17-9-5-4-8-15(16)17/h1-12H,(H,26,30)(H,28,29). The number of amides is 1. The highest BCUT2D eigenvalue weighted by atomic mass is 19.4. The molecule has 0 saturated carbocycles. The number of para-hydroxylation sites is 1. The minimum atomic E-state index is -4.66. The molecule has 5 nitrogen and oxygen atoms in total. The number of alkyl halides is 3. The Hall–Kier alpha value is -3.94. The topological polar surface area (TPSA) is 74.8 Å². The number of carbonyl (C=O) groups excluding carboxylic acids is 1. The molecule has 30 heavy (non-hydrogen) atoms.